The lowest BCUT2D eigenvalue weighted by Gasteiger charge is -2.04. The second-order valence-electron chi connectivity index (χ2n) is 2.71. The standard InChI is InChI=1S/C11H12FNO/c1-2-3-4-14-11-6-9(8-13)5-10(12)7-11/h5-7H,4,8,13H2,1H3. The van der Waals surface area contributed by atoms with Crippen molar-refractivity contribution in [2.75, 3.05) is 6.61 Å². The van der Waals surface area contributed by atoms with Gasteiger partial charge < -0.3 is 10.5 Å². The first-order chi connectivity index (χ1) is 6.76. The van der Waals surface area contributed by atoms with E-state index in [1.54, 1.807) is 13.0 Å². The quantitative estimate of drug-likeness (QED) is 0.741. The maximum atomic E-state index is 13.0. The Labute approximate surface area is 82.9 Å². The molecule has 0 fully saturated rings. The third kappa shape index (κ3) is 3.08. The fourth-order valence-electron chi connectivity index (χ4n) is 1.01. The summed E-state index contributed by atoms with van der Waals surface area (Å²) >= 11 is 0. The Bertz CT molecular complexity index is 365. The fraction of sp³-hybridized carbons (Fsp3) is 0.273. The van der Waals surface area contributed by atoms with E-state index in [0.717, 1.165) is 0 Å². The van der Waals surface area contributed by atoms with Crippen LogP contribution < -0.4 is 10.5 Å². The van der Waals surface area contributed by atoms with Gasteiger partial charge in [0.1, 0.15) is 18.2 Å². The Morgan fingerprint density at radius 1 is 1.43 bits per heavy atom. The van der Waals surface area contributed by atoms with Crippen LogP contribution in [0.5, 0.6) is 5.75 Å². The lowest BCUT2D eigenvalue weighted by molar-refractivity contribution is 0.367. The molecule has 0 amide bonds. The normalized spacial score (nSPS) is 9.07. The molecule has 14 heavy (non-hydrogen) atoms. The highest BCUT2D eigenvalue weighted by Gasteiger charge is 1.99. The van der Waals surface area contributed by atoms with E-state index >= 15 is 0 Å². The van der Waals surface area contributed by atoms with Crippen LogP contribution in [0.15, 0.2) is 18.2 Å². The fourth-order valence-corrected chi connectivity index (χ4v) is 1.01. The van der Waals surface area contributed by atoms with Crippen molar-refractivity contribution >= 4 is 0 Å². The molecule has 1 aromatic carbocycles. The number of ether oxygens (including phenoxy) is 1. The Kier molecular flexibility index (Phi) is 3.96. The number of hydrogen-bond acceptors (Lipinski definition) is 2. The van der Waals surface area contributed by atoms with E-state index in [2.05, 4.69) is 11.8 Å². The summed E-state index contributed by atoms with van der Waals surface area (Å²) in [5, 5.41) is 0. The Morgan fingerprint density at radius 2 is 2.21 bits per heavy atom. The number of hydrogen-bond donors (Lipinski definition) is 1. The number of benzene rings is 1. The van der Waals surface area contributed by atoms with Crippen LogP contribution in [-0.2, 0) is 6.54 Å². The SMILES string of the molecule is CC#CCOc1cc(F)cc(CN)c1. The molecule has 0 saturated heterocycles. The third-order valence-electron chi connectivity index (χ3n) is 1.65. The molecule has 0 aliphatic carbocycles. The van der Waals surface area contributed by atoms with E-state index in [-0.39, 0.29) is 12.4 Å². The molecule has 74 valence electrons. The lowest BCUT2D eigenvalue weighted by Crippen LogP contribution is -1.99. The number of nitrogens with two attached hydrogens (primary N) is 1. The molecule has 1 rings (SSSR count). The van der Waals surface area contributed by atoms with Crippen molar-refractivity contribution in [1.29, 1.82) is 0 Å². The van der Waals surface area contributed by atoms with Gasteiger partial charge in [-0.2, -0.15) is 0 Å². The highest BCUT2D eigenvalue weighted by molar-refractivity contribution is 5.29. The van der Waals surface area contributed by atoms with E-state index in [1.165, 1.54) is 12.1 Å². The Hall–Kier alpha value is -1.53. The van der Waals surface area contributed by atoms with Crippen molar-refractivity contribution in [1.82, 2.24) is 0 Å². The van der Waals surface area contributed by atoms with Crippen molar-refractivity contribution in [3.8, 4) is 17.6 Å². The molecular weight excluding hydrogens is 181 g/mol. The van der Waals surface area contributed by atoms with E-state index < -0.39 is 0 Å². The maximum absolute atomic E-state index is 13.0. The minimum absolute atomic E-state index is 0.268. The van der Waals surface area contributed by atoms with Crippen LogP contribution in [0.1, 0.15) is 12.5 Å². The van der Waals surface area contributed by atoms with Gasteiger partial charge in [0.2, 0.25) is 0 Å². The van der Waals surface area contributed by atoms with Crippen molar-refractivity contribution in [2.24, 2.45) is 5.73 Å². The van der Waals surface area contributed by atoms with Gasteiger partial charge in [0.25, 0.3) is 0 Å². The highest BCUT2D eigenvalue weighted by atomic mass is 19.1. The zero-order chi connectivity index (χ0) is 10.4. The molecule has 0 spiro atoms. The van der Waals surface area contributed by atoms with Gasteiger partial charge in [0.05, 0.1) is 0 Å². The molecule has 0 aromatic heterocycles. The monoisotopic (exact) mass is 193 g/mol. The predicted octanol–water partition coefficient (Wildman–Crippen LogP) is 1.69. The summed E-state index contributed by atoms with van der Waals surface area (Å²) in [5.74, 6) is 5.54. The first-order valence-corrected chi connectivity index (χ1v) is 4.28. The third-order valence-corrected chi connectivity index (χ3v) is 1.65. The van der Waals surface area contributed by atoms with Gasteiger partial charge in [0.15, 0.2) is 0 Å². The average Bonchev–Trinajstić information content (AvgIpc) is 2.17. The summed E-state index contributed by atoms with van der Waals surface area (Å²) in [6, 6.07) is 4.41. The van der Waals surface area contributed by atoms with Crippen LogP contribution >= 0.6 is 0 Å². The summed E-state index contributed by atoms with van der Waals surface area (Å²) < 4.78 is 18.2. The smallest absolute Gasteiger partial charge is 0.149 e. The van der Waals surface area contributed by atoms with Gasteiger partial charge in [-0.1, -0.05) is 5.92 Å². The first kappa shape index (κ1) is 10.6. The lowest BCUT2D eigenvalue weighted by atomic mass is 10.2. The van der Waals surface area contributed by atoms with E-state index in [0.29, 0.717) is 17.9 Å². The topological polar surface area (TPSA) is 35.2 Å². The summed E-state index contributed by atoms with van der Waals surface area (Å²) in [4.78, 5) is 0. The summed E-state index contributed by atoms with van der Waals surface area (Å²) in [5.41, 5.74) is 6.10. The Balaban J connectivity index is 2.74. The molecular formula is C11H12FNO. The average molecular weight is 193 g/mol. The van der Waals surface area contributed by atoms with Gasteiger partial charge in [0, 0.05) is 12.6 Å². The molecule has 3 heteroatoms. The predicted molar refractivity (Wildman–Crippen MR) is 53.2 cm³/mol. The second kappa shape index (κ2) is 5.25. The van der Waals surface area contributed by atoms with Crippen molar-refractivity contribution < 1.29 is 9.13 Å². The molecule has 0 aliphatic heterocycles. The molecule has 1 aromatic rings. The van der Waals surface area contributed by atoms with Crippen LogP contribution in [0.2, 0.25) is 0 Å². The van der Waals surface area contributed by atoms with Crippen LogP contribution in [0.25, 0.3) is 0 Å². The molecule has 2 nitrogen and oxygen atoms in total. The molecule has 0 bridgehead atoms. The first-order valence-electron chi connectivity index (χ1n) is 4.28. The minimum Gasteiger partial charge on any atom is -0.481 e. The summed E-state index contributed by atoms with van der Waals surface area (Å²) in [7, 11) is 0. The van der Waals surface area contributed by atoms with Crippen molar-refractivity contribution in [3.63, 3.8) is 0 Å². The maximum Gasteiger partial charge on any atom is 0.149 e. The number of halogens is 1. The van der Waals surface area contributed by atoms with Crippen LogP contribution in [0.3, 0.4) is 0 Å². The van der Waals surface area contributed by atoms with Gasteiger partial charge in [-0.3, -0.25) is 0 Å². The Morgan fingerprint density at radius 3 is 2.86 bits per heavy atom. The molecule has 0 radical (unpaired) electrons. The summed E-state index contributed by atoms with van der Waals surface area (Å²) in [6.07, 6.45) is 0. The molecule has 0 unspecified atom stereocenters. The van der Waals surface area contributed by atoms with E-state index in [1.807, 2.05) is 0 Å². The molecule has 0 saturated carbocycles. The highest BCUT2D eigenvalue weighted by Crippen LogP contribution is 2.15. The van der Waals surface area contributed by atoms with E-state index in [4.69, 9.17) is 10.5 Å². The van der Waals surface area contributed by atoms with Crippen molar-refractivity contribution in [3.05, 3.63) is 29.6 Å². The van der Waals surface area contributed by atoms with Gasteiger partial charge >= 0.3 is 0 Å². The number of rotatable bonds is 3. The second-order valence-corrected chi connectivity index (χ2v) is 2.71. The zero-order valence-electron chi connectivity index (χ0n) is 8.01. The molecule has 0 atom stereocenters. The van der Waals surface area contributed by atoms with Crippen LogP contribution in [-0.4, -0.2) is 6.61 Å². The molecule has 0 aliphatic rings. The van der Waals surface area contributed by atoms with Gasteiger partial charge in [-0.25, -0.2) is 4.39 Å². The largest absolute Gasteiger partial charge is 0.481 e. The van der Waals surface area contributed by atoms with Crippen molar-refractivity contribution in [2.45, 2.75) is 13.5 Å². The summed E-state index contributed by atoms with van der Waals surface area (Å²) in [6.45, 7) is 2.29. The molecule has 2 N–H and O–H groups in total. The van der Waals surface area contributed by atoms with Crippen LogP contribution in [0.4, 0.5) is 4.39 Å². The zero-order valence-corrected chi connectivity index (χ0v) is 8.01. The molecule has 0 heterocycles. The van der Waals surface area contributed by atoms with Crippen LogP contribution in [0, 0.1) is 17.7 Å². The van der Waals surface area contributed by atoms with Gasteiger partial charge in [-0.15, -0.1) is 5.92 Å². The van der Waals surface area contributed by atoms with E-state index in [9.17, 15) is 4.39 Å². The minimum atomic E-state index is -0.340. The van der Waals surface area contributed by atoms with Gasteiger partial charge in [-0.05, 0) is 24.6 Å².